The van der Waals surface area contributed by atoms with Crippen LogP contribution in [0.4, 0.5) is 4.39 Å². The summed E-state index contributed by atoms with van der Waals surface area (Å²) in [5, 5.41) is 3.32. The van der Waals surface area contributed by atoms with Crippen molar-refractivity contribution in [2.45, 2.75) is 19.8 Å². The number of hydrogen-bond donors (Lipinski definition) is 0. The highest BCUT2D eigenvalue weighted by Crippen LogP contribution is 2.29. The lowest BCUT2D eigenvalue weighted by Gasteiger charge is -2.10. The van der Waals surface area contributed by atoms with Crippen molar-refractivity contribution >= 4 is 33.5 Å². The molecule has 144 valence electrons. The third kappa shape index (κ3) is 4.36. The maximum atomic E-state index is 14.9. The molecule has 0 heterocycles. The molecule has 3 aromatic carbocycles. The summed E-state index contributed by atoms with van der Waals surface area (Å²) in [5.74, 6) is -1.11. The number of ether oxygens (including phenoxy) is 2. The third-order valence-electron chi connectivity index (χ3n) is 4.57. The summed E-state index contributed by atoms with van der Waals surface area (Å²) in [6.45, 7) is 5.16. The fourth-order valence-electron chi connectivity index (χ4n) is 3.19. The molecule has 0 aliphatic rings. The minimum atomic E-state index is -0.517. The quantitative estimate of drug-likeness (QED) is 0.344. The SMILES string of the molecule is C=CC(=O)OCCc1ccc2c(ccc3cc(CCOC(C)=O)ccc32)c1F. The highest BCUT2D eigenvalue weighted by Gasteiger charge is 2.11. The molecule has 0 bridgehead atoms. The van der Waals surface area contributed by atoms with E-state index in [1.165, 1.54) is 6.92 Å². The fraction of sp³-hybridized carbons (Fsp3) is 0.217. The van der Waals surface area contributed by atoms with E-state index in [-0.39, 0.29) is 18.4 Å². The van der Waals surface area contributed by atoms with E-state index in [1.54, 1.807) is 12.1 Å². The smallest absolute Gasteiger partial charge is 0.330 e. The minimum absolute atomic E-state index is 0.104. The Balaban J connectivity index is 1.85. The number of carbonyl (C=O) groups excluding carboxylic acids is 2. The van der Waals surface area contributed by atoms with Gasteiger partial charge in [0.1, 0.15) is 5.82 Å². The molecule has 3 aromatic rings. The van der Waals surface area contributed by atoms with Gasteiger partial charge >= 0.3 is 11.9 Å². The maximum absolute atomic E-state index is 14.9. The van der Waals surface area contributed by atoms with Gasteiger partial charge in [0, 0.05) is 31.2 Å². The Morgan fingerprint density at radius 1 is 0.964 bits per heavy atom. The van der Waals surface area contributed by atoms with E-state index >= 15 is 0 Å². The first kappa shape index (κ1) is 19.5. The van der Waals surface area contributed by atoms with Crippen molar-refractivity contribution in [3.8, 4) is 0 Å². The first-order valence-electron chi connectivity index (χ1n) is 9.05. The summed E-state index contributed by atoms with van der Waals surface area (Å²) in [6, 6.07) is 13.2. The Bertz CT molecular complexity index is 1060. The van der Waals surface area contributed by atoms with Gasteiger partial charge in [-0.1, -0.05) is 49.0 Å². The molecule has 0 amide bonds. The molecule has 0 N–H and O–H groups in total. The third-order valence-corrected chi connectivity index (χ3v) is 4.57. The fourth-order valence-corrected chi connectivity index (χ4v) is 3.19. The van der Waals surface area contributed by atoms with Gasteiger partial charge in [0.05, 0.1) is 13.2 Å². The summed E-state index contributed by atoms with van der Waals surface area (Å²) in [6.07, 6.45) is 2.02. The van der Waals surface area contributed by atoms with E-state index in [0.29, 0.717) is 30.4 Å². The van der Waals surface area contributed by atoms with Crippen LogP contribution in [0.2, 0.25) is 0 Å². The Morgan fingerprint density at radius 2 is 1.68 bits per heavy atom. The zero-order chi connectivity index (χ0) is 20.1. The Labute approximate surface area is 162 Å². The summed E-state index contributed by atoms with van der Waals surface area (Å²) < 4.78 is 24.8. The zero-order valence-electron chi connectivity index (χ0n) is 15.7. The number of fused-ring (bicyclic) bond motifs is 3. The average Bonchev–Trinajstić information content (AvgIpc) is 2.68. The van der Waals surface area contributed by atoms with E-state index in [0.717, 1.165) is 27.8 Å². The van der Waals surface area contributed by atoms with E-state index < -0.39 is 5.97 Å². The zero-order valence-corrected chi connectivity index (χ0v) is 15.7. The molecule has 0 saturated heterocycles. The predicted molar refractivity (Wildman–Crippen MR) is 107 cm³/mol. The first-order valence-corrected chi connectivity index (χ1v) is 9.05. The second-order valence-corrected chi connectivity index (χ2v) is 6.47. The molecule has 0 aromatic heterocycles. The van der Waals surface area contributed by atoms with Crippen LogP contribution in [0.1, 0.15) is 18.1 Å². The van der Waals surface area contributed by atoms with Gasteiger partial charge in [-0.3, -0.25) is 4.79 Å². The Morgan fingerprint density at radius 3 is 2.43 bits per heavy atom. The maximum Gasteiger partial charge on any atom is 0.330 e. The van der Waals surface area contributed by atoms with E-state index in [4.69, 9.17) is 9.47 Å². The lowest BCUT2D eigenvalue weighted by molar-refractivity contribution is -0.141. The van der Waals surface area contributed by atoms with Crippen molar-refractivity contribution in [3.63, 3.8) is 0 Å². The number of esters is 2. The molecule has 0 unspecified atom stereocenters. The Kier molecular flexibility index (Phi) is 6.04. The Hall–Kier alpha value is -3.21. The number of halogens is 1. The average molecular weight is 380 g/mol. The number of rotatable bonds is 7. The van der Waals surface area contributed by atoms with Gasteiger partial charge in [0.25, 0.3) is 0 Å². The van der Waals surface area contributed by atoms with Crippen LogP contribution >= 0.6 is 0 Å². The van der Waals surface area contributed by atoms with Gasteiger partial charge in [0.2, 0.25) is 0 Å². The van der Waals surface area contributed by atoms with Gasteiger partial charge < -0.3 is 9.47 Å². The lowest BCUT2D eigenvalue weighted by atomic mass is 9.97. The first-order chi connectivity index (χ1) is 13.5. The van der Waals surface area contributed by atoms with Crippen molar-refractivity contribution in [2.24, 2.45) is 0 Å². The molecule has 0 radical (unpaired) electrons. The number of benzene rings is 3. The van der Waals surface area contributed by atoms with Gasteiger partial charge in [-0.25, -0.2) is 9.18 Å². The molecule has 0 fully saturated rings. The van der Waals surface area contributed by atoms with Crippen LogP contribution in [0, 0.1) is 5.82 Å². The van der Waals surface area contributed by atoms with E-state index in [9.17, 15) is 14.0 Å². The number of hydrogen-bond acceptors (Lipinski definition) is 4. The van der Waals surface area contributed by atoms with Gasteiger partial charge in [-0.15, -0.1) is 0 Å². The monoisotopic (exact) mass is 380 g/mol. The normalized spacial score (nSPS) is 10.8. The molecule has 5 heteroatoms. The van der Waals surface area contributed by atoms with Crippen LogP contribution in [0.15, 0.2) is 55.1 Å². The summed E-state index contributed by atoms with van der Waals surface area (Å²) >= 11 is 0. The molecular formula is C23H21FO4. The van der Waals surface area contributed by atoms with Gasteiger partial charge in [0.15, 0.2) is 0 Å². The van der Waals surface area contributed by atoms with Gasteiger partial charge in [-0.2, -0.15) is 0 Å². The molecule has 0 aliphatic heterocycles. The van der Waals surface area contributed by atoms with Crippen LogP contribution < -0.4 is 0 Å². The standard InChI is InChI=1S/C23H21FO4/c1-3-22(26)28-13-11-17-5-8-20-19-7-4-16(10-12-27-15(2)25)14-18(19)6-9-21(20)23(17)24/h3-9,14H,1,10-13H2,2H3. The van der Waals surface area contributed by atoms with Crippen molar-refractivity contribution in [1.82, 2.24) is 0 Å². The predicted octanol–water partition coefficient (Wildman–Crippen LogP) is 4.51. The van der Waals surface area contributed by atoms with E-state index in [2.05, 4.69) is 6.58 Å². The van der Waals surface area contributed by atoms with Crippen molar-refractivity contribution < 1.29 is 23.5 Å². The summed E-state index contributed by atoms with van der Waals surface area (Å²) in [7, 11) is 0. The molecule has 4 nitrogen and oxygen atoms in total. The minimum Gasteiger partial charge on any atom is -0.466 e. The lowest BCUT2D eigenvalue weighted by Crippen LogP contribution is -2.05. The molecule has 3 rings (SSSR count). The molecule has 28 heavy (non-hydrogen) atoms. The molecule has 0 atom stereocenters. The summed E-state index contributed by atoms with van der Waals surface area (Å²) in [5.41, 5.74) is 1.55. The number of carbonyl (C=O) groups is 2. The highest BCUT2D eigenvalue weighted by atomic mass is 19.1. The van der Waals surface area contributed by atoms with Crippen molar-refractivity contribution in [2.75, 3.05) is 13.2 Å². The van der Waals surface area contributed by atoms with Crippen LogP contribution in [0.3, 0.4) is 0 Å². The molecule has 0 saturated carbocycles. The van der Waals surface area contributed by atoms with Crippen molar-refractivity contribution in [1.29, 1.82) is 0 Å². The van der Waals surface area contributed by atoms with Crippen LogP contribution in [0.5, 0.6) is 0 Å². The largest absolute Gasteiger partial charge is 0.466 e. The second-order valence-electron chi connectivity index (χ2n) is 6.47. The van der Waals surface area contributed by atoms with Crippen LogP contribution in [0.25, 0.3) is 21.5 Å². The summed E-state index contributed by atoms with van der Waals surface area (Å²) in [4.78, 5) is 22.0. The highest BCUT2D eigenvalue weighted by molar-refractivity contribution is 6.08. The molecular weight excluding hydrogens is 359 g/mol. The van der Waals surface area contributed by atoms with Gasteiger partial charge in [-0.05, 0) is 27.3 Å². The second kappa shape index (κ2) is 8.65. The van der Waals surface area contributed by atoms with Crippen molar-refractivity contribution in [3.05, 3.63) is 72.1 Å². The van der Waals surface area contributed by atoms with E-state index in [1.807, 2.05) is 30.3 Å². The molecule has 0 aliphatic carbocycles. The van der Waals surface area contributed by atoms with Crippen LogP contribution in [-0.4, -0.2) is 25.2 Å². The topological polar surface area (TPSA) is 52.6 Å². The molecule has 0 spiro atoms. The van der Waals surface area contributed by atoms with Crippen LogP contribution in [-0.2, 0) is 31.9 Å².